The van der Waals surface area contributed by atoms with E-state index in [2.05, 4.69) is 41.2 Å². The Bertz CT molecular complexity index is 1080. The molecule has 2 aliphatic rings. The zero-order chi connectivity index (χ0) is 21.1. The van der Waals surface area contributed by atoms with Gasteiger partial charge in [-0.1, -0.05) is 0 Å². The minimum atomic E-state index is -0.758. The molecule has 10 N–H and O–H groups in total. The second-order valence-corrected chi connectivity index (χ2v) is 6.20. The molecule has 4 heterocycles. The lowest BCUT2D eigenvalue weighted by molar-refractivity contribution is -0.135. The number of aromatic nitrogens is 4. The van der Waals surface area contributed by atoms with Crippen molar-refractivity contribution in [2.45, 2.75) is 13.0 Å². The van der Waals surface area contributed by atoms with Gasteiger partial charge < -0.3 is 32.7 Å². The quantitative estimate of drug-likeness (QED) is 0.252. The number of carbonyl (C=O) groups excluding carboxylic acids is 2. The van der Waals surface area contributed by atoms with E-state index in [1.165, 1.54) is 6.92 Å². The lowest BCUT2D eigenvalue weighted by Crippen LogP contribution is -2.44. The van der Waals surface area contributed by atoms with Gasteiger partial charge in [-0.25, -0.2) is 0 Å². The van der Waals surface area contributed by atoms with Crippen LogP contribution < -0.4 is 43.9 Å². The van der Waals surface area contributed by atoms with Crippen molar-refractivity contribution in [2.24, 2.45) is 0 Å². The lowest BCUT2D eigenvalue weighted by atomic mass is 10.1. The number of hydrogen-bond donors (Lipinski definition) is 8. The number of H-pyrrole nitrogens is 2. The summed E-state index contributed by atoms with van der Waals surface area (Å²) in [6.07, 6.45) is 0. The van der Waals surface area contributed by atoms with Gasteiger partial charge in [-0.3, -0.25) is 29.1 Å². The summed E-state index contributed by atoms with van der Waals surface area (Å²) >= 11 is 0. The largest absolute Gasteiger partial charge is 0.376 e. The minimum absolute atomic E-state index is 0.0144. The third-order valence-electron chi connectivity index (χ3n) is 4.05. The predicted molar refractivity (Wildman–Crippen MR) is 107 cm³/mol. The number of anilines is 6. The molecule has 4 rings (SSSR count). The van der Waals surface area contributed by atoms with Gasteiger partial charge in [0.25, 0.3) is 11.1 Å². The zero-order valence-corrected chi connectivity index (χ0v) is 15.4. The Hall–Kier alpha value is -4.10. The third kappa shape index (κ3) is 4.26. The maximum Gasteiger partial charge on any atom is 0.277 e. The van der Waals surface area contributed by atoms with Gasteiger partial charge in [0.2, 0.25) is 17.7 Å². The van der Waals surface area contributed by atoms with Crippen LogP contribution in [0, 0.1) is 0 Å². The smallest absolute Gasteiger partial charge is 0.277 e. The Morgan fingerprint density at radius 3 is 2.07 bits per heavy atom. The molecule has 0 saturated heterocycles. The summed E-state index contributed by atoms with van der Waals surface area (Å²) in [5.74, 6) is -0.220. The van der Waals surface area contributed by atoms with Crippen molar-refractivity contribution in [3.8, 4) is 0 Å². The van der Waals surface area contributed by atoms with Gasteiger partial charge in [-0.05, 0) is 0 Å². The Kier molecular flexibility index (Phi) is 5.34. The molecule has 0 spiro atoms. The van der Waals surface area contributed by atoms with Crippen molar-refractivity contribution in [2.75, 3.05) is 52.4 Å². The fourth-order valence-electron chi connectivity index (χ4n) is 2.73. The van der Waals surface area contributed by atoms with E-state index in [1.54, 1.807) is 0 Å². The number of nitrogen functional groups attached to an aromatic ring is 2. The van der Waals surface area contributed by atoms with Crippen molar-refractivity contribution < 1.29 is 9.59 Å². The number of nitrogens with zero attached hydrogens (tertiary/aromatic N) is 2. The van der Waals surface area contributed by atoms with Crippen LogP contribution in [-0.4, -0.2) is 57.2 Å². The van der Waals surface area contributed by atoms with E-state index >= 15 is 0 Å². The molecule has 2 aliphatic heterocycles. The van der Waals surface area contributed by atoms with Crippen molar-refractivity contribution in [1.82, 2.24) is 19.9 Å². The number of aromatic amines is 2. The molecule has 14 heteroatoms. The second kappa shape index (κ2) is 7.87. The van der Waals surface area contributed by atoms with E-state index in [-0.39, 0.29) is 35.5 Å². The molecule has 0 saturated carbocycles. The number of fused-ring (bicyclic) bond motifs is 2. The molecular formula is C15H20N10O4. The predicted octanol–water partition coefficient (Wildman–Crippen LogP) is -2.09. The highest BCUT2D eigenvalue weighted by Crippen LogP contribution is 2.20. The summed E-state index contributed by atoms with van der Waals surface area (Å²) in [7, 11) is 0. The SMILES string of the molecule is CC(=O)C(=O)C1CNc2nc(N)[nH]c(=O)c2N1.Nc1nc2c(c(=O)[nH]1)NCCN2. The van der Waals surface area contributed by atoms with Crippen molar-refractivity contribution in [3.63, 3.8) is 0 Å². The summed E-state index contributed by atoms with van der Waals surface area (Å²) in [4.78, 5) is 57.7. The van der Waals surface area contributed by atoms with E-state index < -0.39 is 23.2 Å². The van der Waals surface area contributed by atoms with Gasteiger partial charge >= 0.3 is 0 Å². The van der Waals surface area contributed by atoms with Gasteiger partial charge in [-0.2, -0.15) is 9.97 Å². The van der Waals surface area contributed by atoms with Crippen LogP contribution >= 0.6 is 0 Å². The maximum atomic E-state index is 11.5. The van der Waals surface area contributed by atoms with Crippen LogP contribution in [0.15, 0.2) is 9.59 Å². The molecule has 1 atom stereocenters. The first-order valence-corrected chi connectivity index (χ1v) is 8.58. The molecule has 154 valence electrons. The van der Waals surface area contributed by atoms with Crippen LogP contribution in [-0.2, 0) is 9.59 Å². The first-order chi connectivity index (χ1) is 13.8. The first-order valence-electron chi connectivity index (χ1n) is 8.58. The fraction of sp³-hybridized carbons (Fsp3) is 0.333. The number of hydrogen-bond acceptors (Lipinski definition) is 12. The number of carbonyl (C=O) groups is 2. The van der Waals surface area contributed by atoms with Crippen LogP contribution in [0.1, 0.15) is 6.92 Å². The highest BCUT2D eigenvalue weighted by Gasteiger charge is 2.28. The Morgan fingerprint density at radius 1 is 0.897 bits per heavy atom. The van der Waals surface area contributed by atoms with Crippen LogP contribution in [0.5, 0.6) is 0 Å². The molecule has 0 radical (unpaired) electrons. The van der Waals surface area contributed by atoms with Gasteiger partial charge in [0, 0.05) is 26.6 Å². The van der Waals surface area contributed by atoms with Crippen LogP contribution in [0.2, 0.25) is 0 Å². The molecule has 2 aromatic heterocycles. The summed E-state index contributed by atoms with van der Waals surface area (Å²) in [6, 6.07) is -0.758. The molecule has 0 aliphatic carbocycles. The second-order valence-electron chi connectivity index (χ2n) is 6.20. The molecule has 0 amide bonds. The Labute approximate surface area is 162 Å². The van der Waals surface area contributed by atoms with E-state index in [9.17, 15) is 19.2 Å². The fourth-order valence-corrected chi connectivity index (χ4v) is 2.73. The highest BCUT2D eigenvalue weighted by atomic mass is 16.2. The van der Waals surface area contributed by atoms with Gasteiger partial charge in [0.15, 0.2) is 17.4 Å². The molecule has 0 fully saturated rings. The van der Waals surface area contributed by atoms with Gasteiger partial charge in [-0.15, -0.1) is 0 Å². The third-order valence-corrected chi connectivity index (χ3v) is 4.05. The summed E-state index contributed by atoms with van der Waals surface area (Å²) in [5, 5.41) is 11.4. The molecule has 14 nitrogen and oxygen atoms in total. The van der Waals surface area contributed by atoms with Crippen LogP contribution in [0.4, 0.5) is 34.9 Å². The van der Waals surface area contributed by atoms with E-state index in [4.69, 9.17) is 11.5 Å². The monoisotopic (exact) mass is 404 g/mol. The maximum absolute atomic E-state index is 11.5. The molecule has 0 aromatic carbocycles. The van der Waals surface area contributed by atoms with Gasteiger partial charge in [0.1, 0.15) is 17.4 Å². The van der Waals surface area contributed by atoms with Gasteiger partial charge in [0.05, 0.1) is 0 Å². The molecular weight excluding hydrogens is 384 g/mol. The summed E-state index contributed by atoms with van der Waals surface area (Å²) in [6.45, 7) is 2.84. The van der Waals surface area contributed by atoms with E-state index in [0.717, 1.165) is 13.1 Å². The standard InChI is InChI=1S/C9H11N5O3.C6H9N5O/c1-3(15)6(16)4-2-11-7-5(12-4)8(17)14-9(10)13-7;7-6-10-4-3(5(12)11-6)8-1-2-9-4/h4,12H,2H2,1H3,(H4,10,11,13,14,17);8H,1-2H2,(H4,7,9,10,11,12). The van der Waals surface area contributed by atoms with Crippen molar-refractivity contribution >= 4 is 46.5 Å². The number of Topliss-reactive ketones (excluding diaryl/α,β-unsaturated/α-hetero) is 2. The van der Waals surface area contributed by atoms with E-state index in [1.807, 2.05) is 0 Å². The Morgan fingerprint density at radius 2 is 1.45 bits per heavy atom. The van der Waals surface area contributed by atoms with Crippen LogP contribution in [0.25, 0.3) is 0 Å². The normalized spacial score (nSPS) is 16.2. The lowest BCUT2D eigenvalue weighted by Gasteiger charge is -2.24. The molecule has 1 unspecified atom stereocenters. The van der Waals surface area contributed by atoms with E-state index in [0.29, 0.717) is 11.5 Å². The topological polar surface area (TPSA) is 226 Å². The number of ketones is 2. The minimum Gasteiger partial charge on any atom is -0.376 e. The average Bonchev–Trinajstić information content (AvgIpc) is 2.67. The van der Waals surface area contributed by atoms with Crippen LogP contribution in [0.3, 0.4) is 0 Å². The average molecular weight is 404 g/mol. The molecule has 0 bridgehead atoms. The number of nitrogens with one attached hydrogen (secondary N) is 6. The first kappa shape index (κ1) is 19.7. The number of nitrogens with two attached hydrogens (primary N) is 2. The molecule has 29 heavy (non-hydrogen) atoms. The summed E-state index contributed by atoms with van der Waals surface area (Å²) < 4.78 is 0. The Balaban J connectivity index is 0.000000176. The van der Waals surface area contributed by atoms with Crippen molar-refractivity contribution in [3.05, 3.63) is 20.7 Å². The highest BCUT2D eigenvalue weighted by molar-refractivity contribution is 6.39. The number of rotatable bonds is 2. The molecule has 2 aromatic rings. The van der Waals surface area contributed by atoms with Crippen molar-refractivity contribution in [1.29, 1.82) is 0 Å². The zero-order valence-electron chi connectivity index (χ0n) is 15.4. The summed E-state index contributed by atoms with van der Waals surface area (Å²) in [5.41, 5.74) is 10.6.